The standard InChI is InChI=1S/C30H44O4/c1-4-30(15-21-13-25(30)28-19-7-6-18(11-19)27(21)28)34-26(32)10-17-5-8-22-20-12-24(23(22)9-17)29(3,14-20)33-16(2)31/h17-25,27-28H,4-15H2,1-3H3. The van der Waals surface area contributed by atoms with Crippen molar-refractivity contribution < 1.29 is 19.1 Å². The summed E-state index contributed by atoms with van der Waals surface area (Å²) in [5, 5.41) is 0. The number of carbonyl (C=O) groups excluding carboxylic acids is 2. The Labute approximate surface area is 205 Å². The van der Waals surface area contributed by atoms with Crippen LogP contribution in [0.5, 0.6) is 0 Å². The monoisotopic (exact) mass is 468 g/mol. The summed E-state index contributed by atoms with van der Waals surface area (Å²) in [4.78, 5) is 25.1. The van der Waals surface area contributed by atoms with Crippen molar-refractivity contribution in [2.75, 3.05) is 0 Å². The molecule has 0 radical (unpaired) electrons. The van der Waals surface area contributed by atoms with E-state index >= 15 is 0 Å². The molecular weight excluding hydrogens is 424 g/mol. The second-order valence-electron chi connectivity index (χ2n) is 14.1. The highest BCUT2D eigenvalue weighted by Gasteiger charge is 2.68. The first-order valence-corrected chi connectivity index (χ1v) is 14.7. The van der Waals surface area contributed by atoms with E-state index in [9.17, 15) is 9.59 Å². The van der Waals surface area contributed by atoms with Crippen molar-refractivity contribution in [2.24, 2.45) is 65.1 Å². The van der Waals surface area contributed by atoms with Gasteiger partial charge < -0.3 is 9.47 Å². The first-order chi connectivity index (χ1) is 16.3. The molecule has 7 aliphatic carbocycles. The summed E-state index contributed by atoms with van der Waals surface area (Å²) >= 11 is 0. The van der Waals surface area contributed by atoms with Crippen LogP contribution in [0.3, 0.4) is 0 Å². The van der Waals surface area contributed by atoms with E-state index in [-0.39, 0.29) is 23.1 Å². The lowest BCUT2D eigenvalue weighted by Gasteiger charge is -2.47. The minimum Gasteiger partial charge on any atom is -0.459 e. The van der Waals surface area contributed by atoms with Crippen LogP contribution in [0.4, 0.5) is 0 Å². The molecular formula is C30H44O4. The molecule has 34 heavy (non-hydrogen) atoms. The maximum Gasteiger partial charge on any atom is 0.306 e. The molecule has 13 atom stereocenters. The topological polar surface area (TPSA) is 52.6 Å². The van der Waals surface area contributed by atoms with Gasteiger partial charge in [-0.15, -0.1) is 0 Å². The molecule has 7 fully saturated rings. The van der Waals surface area contributed by atoms with Crippen LogP contribution >= 0.6 is 0 Å². The van der Waals surface area contributed by atoms with Gasteiger partial charge in [0.25, 0.3) is 0 Å². The molecule has 0 aromatic heterocycles. The predicted molar refractivity (Wildman–Crippen MR) is 128 cm³/mol. The van der Waals surface area contributed by atoms with E-state index in [0.29, 0.717) is 36.0 Å². The van der Waals surface area contributed by atoms with Gasteiger partial charge in [0.15, 0.2) is 0 Å². The van der Waals surface area contributed by atoms with Gasteiger partial charge in [-0.3, -0.25) is 9.59 Å². The van der Waals surface area contributed by atoms with Crippen LogP contribution in [0.2, 0.25) is 0 Å². The molecule has 0 heterocycles. The summed E-state index contributed by atoms with van der Waals surface area (Å²) in [6.45, 7) is 5.98. The average Bonchev–Trinajstić information content (AvgIpc) is 3.59. The molecule has 0 aromatic carbocycles. The van der Waals surface area contributed by atoms with Gasteiger partial charge in [0.1, 0.15) is 11.2 Å². The summed E-state index contributed by atoms with van der Waals surface area (Å²) in [7, 11) is 0. The summed E-state index contributed by atoms with van der Waals surface area (Å²) < 4.78 is 12.4. The zero-order chi connectivity index (χ0) is 23.4. The van der Waals surface area contributed by atoms with Crippen molar-refractivity contribution in [2.45, 2.75) is 109 Å². The van der Waals surface area contributed by atoms with Crippen LogP contribution in [0.25, 0.3) is 0 Å². The smallest absolute Gasteiger partial charge is 0.306 e. The van der Waals surface area contributed by atoms with Gasteiger partial charge in [0.2, 0.25) is 0 Å². The van der Waals surface area contributed by atoms with Crippen molar-refractivity contribution in [3.05, 3.63) is 0 Å². The second-order valence-corrected chi connectivity index (χ2v) is 14.1. The molecule has 4 nitrogen and oxygen atoms in total. The number of fused-ring (bicyclic) bond motifs is 14. The van der Waals surface area contributed by atoms with E-state index < -0.39 is 0 Å². The molecule has 0 aliphatic heterocycles. The number of ether oxygens (including phenoxy) is 2. The Kier molecular flexibility index (Phi) is 4.87. The fourth-order valence-corrected chi connectivity index (χ4v) is 12.1. The first-order valence-electron chi connectivity index (χ1n) is 14.7. The largest absolute Gasteiger partial charge is 0.459 e. The van der Waals surface area contributed by atoms with Gasteiger partial charge in [0.05, 0.1) is 0 Å². The lowest BCUT2D eigenvalue weighted by atomic mass is 9.63. The lowest BCUT2D eigenvalue weighted by Crippen LogP contribution is -2.48. The molecule has 7 aliphatic rings. The molecule has 0 amide bonds. The predicted octanol–water partition coefficient (Wildman–Crippen LogP) is 6.16. The van der Waals surface area contributed by atoms with E-state index in [2.05, 4.69) is 13.8 Å². The van der Waals surface area contributed by atoms with E-state index in [1.54, 1.807) is 6.92 Å². The molecule has 7 saturated carbocycles. The first kappa shape index (κ1) is 22.2. The van der Waals surface area contributed by atoms with Crippen molar-refractivity contribution in [1.29, 1.82) is 0 Å². The third-order valence-electron chi connectivity index (χ3n) is 12.8. The number of hydrogen-bond donors (Lipinski definition) is 0. The SMILES string of the molecule is CCC1(OC(=O)CC2CCC3C4CC(C3C2)C(C)(OC(C)=O)C4)CC2CC1C1C3CCC(C3)C21. The number of esters is 2. The van der Waals surface area contributed by atoms with E-state index in [0.717, 1.165) is 61.2 Å². The Hall–Kier alpha value is -1.06. The van der Waals surface area contributed by atoms with Crippen LogP contribution in [0.15, 0.2) is 0 Å². The zero-order valence-electron chi connectivity index (χ0n) is 21.5. The molecule has 7 rings (SSSR count). The van der Waals surface area contributed by atoms with E-state index in [4.69, 9.17) is 9.47 Å². The number of hydrogen-bond acceptors (Lipinski definition) is 4. The van der Waals surface area contributed by atoms with Crippen molar-refractivity contribution in [1.82, 2.24) is 0 Å². The Balaban J connectivity index is 1.01. The maximum absolute atomic E-state index is 13.4. The molecule has 0 aromatic rings. The van der Waals surface area contributed by atoms with Gasteiger partial charge >= 0.3 is 11.9 Å². The Morgan fingerprint density at radius 1 is 0.794 bits per heavy atom. The summed E-state index contributed by atoms with van der Waals surface area (Å²) in [6, 6.07) is 0. The highest BCUT2D eigenvalue weighted by atomic mass is 16.6. The highest BCUT2D eigenvalue weighted by molar-refractivity contribution is 5.70. The van der Waals surface area contributed by atoms with Crippen molar-refractivity contribution in [3.63, 3.8) is 0 Å². The summed E-state index contributed by atoms with van der Waals surface area (Å²) in [6.07, 6.45) is 14.2. The summed E-state index contributed by atoms with van der Waals surface area (Å²) in [5.74, 6) is 8.16. The minimum absolute atomic E-state index is 0.0865. The average molecular weight is 469 g/mol. The third-order valence-corrected chi connectivity index (χ3v) is 12.8. The quantitative estimate of drug-likeness (QED) is 0.358. The second kappa shape index (κ2) is 7.48. The Morgan fingerprint density at radius 2 is 1.56 bits per heavy atom. The summed E-state index contributed by atoms with van der Waals surface area (Å²) in [5.41, 5.74) is -0.447. The van der Waals surface area contributed by atoms with Crippen LogP contribution in [0.1, 0.15) is 97.8 Å². The van der Waals surface area contributed by atoms with Crippen molar-refractivity contribution >= 4 is 11.9 Å². The maximum atomic E-state index is 13.4. The normalized spacial score (nSPS) is 55.9. The fraction of sp³-hybridized carbons (Fsp3) is 0.933. The van der Waals surface area contributed by atoms with Gasteiger partial charge in [-0.25, -0.2) is 0 Å². The van der Waals surface area contributed by atoms with Crippen LogP contribution in [-0.2, 0) is 19.1 Å². The van der Waals surface area contributed by atoms with Gasteiger partial charge in [-0.05, 0) is 131 Å². The van der Waals surface area contributed by atoms with Gasteiger partial charge in [0, 0.05) is 25.2 Å². The van der Waals surface area contributed by atoms with Gasteiger partial charge in [-0.1, -0.05) is 6.92 Å². The lowest BCUT2D eigenvalue weighted by molar-refractivity contribution is -0.174. The van der Waals surface area contributed by atoms with Crippen molar-refractivity contribution in [3.8, 4) is 0 Å². The molecule has 0 spiro atoms. The molecule has 0 saturated heterocycles. The van der Waals surface area contributed by atoms with E-state index in [1.165, 1.54) is 44.9 Å². The van der Waals surface area contributed by atoms with Crippen LogP contribution in [0, 0.1) is 65.1 Å². The molecule has 6 bridgehead atoms. The van der Waals surface area contributed by atoms with E-state index in [1.807, 2.05) is 0 Å². The number of carbonyl (C=O) groups is 2. The minimum atomic E-state index is -0.285. The molecule has 4 heteroatoms. The Bertz CT molecular complexity index is 883. The van der Waals surface area contributed by atoms with Gasteiger partial charge in [-0.2, -0.15) is 0 Å². The molecule has 188 valence electrons. The zero-order valence-corrected chi connectivity index (χ0v) is 21.5. The molecule has 0 N–H and O–H groups in total. The molecule has 13 unspecified atom stereocenters. The van der Waals surface area contributed by atoms with Crippen LogP contribution in [-0.4, -0.2) is 23.1 Å². The number of rotatable bonds is 5. The fourth-order valence-electron chi connectivity index (χ4n) is 12.1. The van der Waals surface area contributed by atoms with Crippen LogP contribution < -0.4 is 0 Å². The Morgan fingerprint density at radius 3 is 2.32 bits per heavy atom. The third kappa shape index (κ3) is 3.01. The highest BCUT2D eigenvalue weighted by Crippen LogP contribution is 2.71.